The summed E-state index contributed by atoms with van der Waals surface area (Å²) < 4.78 is 11.6. The van der Waals surface area contributed by atoms with Crippen molar-refractivity contribution >= 4 is 0 Å². The summed E-state index contributed by atoms with van der Waals surface area (Å²) in [6.07, 6.45) is 3.62. The van der Waals surface area contributed by atoms with Gasteiger partial charge >= 0.3 is 0 Å². The monoisotopic (exact) mass is 166 g/mol. The fourth-order valence-electron chi connectivity index (χ4n) is 3.13. The predicted octanol–water partition coefficient (Wildman–Crippen LogP) is 1.72. The first-order valence-electron chi connectivity index (χ1n) is 4.78. The third-order valence-corrected chi connectivity index (χ3v) is 3.60. The number of hydrogen-bond acceptors (Lipinski definition) is 2. The van der Waals surface area contributed by atoms with E-state index in [1.807, 2.05) is 0 Å². The molecule has 2 nitrogen and oxygen atoms in total. The van der Waals surface area contributed by atoms with E-state index in [1.165, 1.54) is 18.4 Å². The molecule has 2 aliphatic carbocycles. The van der Waals surface area contributed by atoms with Crippen molar-refractivity contribution in [3.05, 3.63) is 12.2 Å². The Morgan fingerprint density at radius 3 is 2.50 bits per heavy atom. The van der Waals surface area contributed by atoms with Crippen molar-refractivity contribution in [3.63, 3.8) is 0 Å². The van der Waals surface area contributed by atoms with Gasteiger partial charge in [0.1, 0.15) is 0 Å². The quantitative estimate of drug-likeness (QED) is 0.510. The van der Waals surface area contributed by atoms with Gasteiger partial charge in [-0.15, -0.1) is 0 Å². The zero-order valence-corrected chi connectivity index (χ0v) is 7.21. The first-order valence-corrected chi connectivity index (χ1v) is 4.78. The van der Waals surface area contributed by atoms with E-state index in [0.717, 1.165) is 19.6 Å². The zero-order chi connectivity index (χ0) is 8.18. The molecule has 3 rings (SSSR count). The second-order valence-corrected chi connectivity index (χ2v) is 4.11. The highest BCUT2D eigenvalue weighted by Gasteiger charge is 2.60. The minimum Gasteiger partial charge on any atom is -0.347 e. The number of rotatable bonds is 0. The summed E-state index contributed by atoms with van der Waals surface area (Å²) in [4.78, 5) is 0. The maximum absolute atomic E-state index is 5.78. The Kier molecular flexibility index (Phi) is 1.25. The van der Waals surface area contributed by atoms with Crippen LogP contribution in [-0.4, -0.2) is 19.0 Å². The van der Waals surface area contributed by atoms with Crippen molar-refractivity contribution in [1.29, 1.82) is 0 Å². The van der Waals surface area contributed by atoms with E-state index < -0.39 is 0 Å². The molecule has 3 aliphatic rings. The summed E-state index contributed by atoms with van der Waals surface area (Å²) in [5, 5.41) is 0. The SMILES string of the molecule is C=C1CC2CCC1C21OCCO1. The molecule has 2 bridgehead atoms. The van der Waals surface area contributed by atoms with Gasteiger partial charge in [-0.1, -0.05) is 12.2 Å². The van der Waals surface area contributed by atoms with Crippen molar-refractivity contribution in [1.82, 2.24) is 0 Å². The molecular weight excluding hydrogens is 152 g/mol. The molecule has 2 saturated carbocycles. The average molecular weight is 166 g/mol. The summed E-state index contributed by atoms with van der Waals surface area (Å²) in [7, 11) is 0. The molecule has 0 N–H and O–H groups in total. The molecular formula is C10H14O2. The first kappa shape index (κ1) is 7.10. The smallest absolute Gasteiger partial charge is 0.178 e. The van der Waals surface area contributed by atoms with Gasteiger partial charge in [-0.25, -0.2) is 0 Å². The third-order valence-electron chi connectivity index (χ3n) is 3.60. The number of hydrogen-bond donors (Lipinski definition) is 0. The summed E-state index contributed by atoms with van der Waals surface area (Å²) in [5.41, 5.74) is 1.35. The van der Waals surface area contributed by atoms with E-state index in [9.17, 15) is 0 Å². The molecule has 0 amide bonds. The summed E-state index contributed by atoms with van der Waals surface area (Å²) in [5.74, 6) is 0.902. The molecule has 66 valence electrons. The predicted molar refractivity (Wildman–Crippen MR) is 44.6 cm³/mol. The van der Waals surface area contributed by atoms with Crippen LogP contribution in [0.15, 0.2) is 12.2 Å². The van der Waals surface area contributed by atoms with E-state index >= 15 is 0 Å². The van der Waals surface area contributed by atoms with E-state index in [0.29, 0.717) is 11.8 Å². The van der Waals surface area contributed by atoms with Crippen LogP contribution in [0.1, 0.15) is 19.3 Å². The highest BCUT2D eigenvalue weighted by molar-refractivity contribution is 5.21. The average Bonchev–Trinajstić information content (AvgIpc) is 2.70. The van der Waals surface area contributed by atoms with Crippen LogP contribution in [0.3, 0.4) is 0 Å². The van der Waals surface area contributed by atoms with E-state index in [-0.39, 0.29) is 5.79 Å². The van der Waals surface area contributed by atoms with Crippen molar-refractivity contribution in [2.75, 3.05) is 13.2 Å². The molecule has 1 heterocycles. The maximum atomic E-state index is 5.78. The van der Waals surface area contributed by atoms with Crippen LogP contribution in [0.5, 0.6) is 0 Å². The Bertz CT molecular complexity index is 228. The van der Waals surface area contributed by atoms with E-state index in [1.54, 1.807) is 0 Å². The molecule has 12 heavy (non-hydrogen) atoms. The molecule has 0 aromatic carbocycles. The molecule has 1 spiro atoms. The number of ether oxygens (including phenoxy) is 2. The van der Waals surface area contributed by atoms with Gasteiger partial charge in [0, 0.05) is 11.8 Å². The lowest BCUT2D eigenvalue weighted by molar-refractivity contribution is -0.185. The fraction of sp³-hybridized carbons (Fsp3) is 0.800. The van der Waals surface area contributed by atoms with Crippen LogP contribution in [-0.2, 0) is 9.47 Å². The molecule has 2 heteroatoms. The molecule has 0 radical (unpaired) electrons. The minimum absolute atomic E-state index is 0.211. The second-order valence-electron chi connectivity index (χ2n) is 4.11. The van der Waals surface area contributed by atoms with Crippen LogP contribution in [0, 0.1) is 11.8 Å². The molecule has 3 fully saturated rings. The van der Waals surface area contributed by atoms with Gasteiger partial charge in [0.15, 0.2) is 5.79 Å². The summed E-state index contributed by atoms with van der Waals surface area (Å²) in [6.45, 7) is 5.65. The van der Waals surface area contributed by atoms with Gasteiger partial charge in [0.25, 0.3) is 0 Å². The highest BCUT2D eigenvalue weighted by atomic mass is 16.7. The van der Waals surface area contributed by atoms with Crippen LogP contribution < -0.4 is 0 Å². The largest absolute Gasteiger partial charge is 0.347 e. The first-order chi connectivity index (χ1) is 5.83. The Balaban J connectivity index is 2.00. The summed E-state index contributed by atoms with van der Waals surface area (Å²) >= 11 is 0. The van der Waals surface area contributed by atoms with Crippen molar-refractivity contribution in [2.45, 2.75) is 25.0 Å². The van der Waals surface area contributed by atoms with Gasteiger partial charge in [-0.05, 0) is 19.3 Å². The third kappa shape index (κ3) is 0.639. The second kappa shape index (κ2) is 2.12. The van der Waals surface area contributed by atoms with Gasteiger partial charge < -0.3 is 9.47 Å². The Morgan fingerprint density at radius 1 is 1.25 bits per heavy atom. The van der Waals surface area contributed by atoms with Crippen LogP contribution in [0.25, 0.3) is 0 Å². The lowest BCUT2D eigenvalue weighted by Gasteiger charge is -2.26. The molecule has 1 saturated heterocycles. The molecule has 2 atom stereocenters. The van der Waals surface area contributed by atoms with Gasteiger partial charge in [0.05, 0.1) is 13.2 Å². The van der Waals surface area contributed by atoms with Crippen molar-refractivity contribution < 1.29 is 9.47 Å². The van der Waals surface area contributed by atoms with Gasteiger partial charge in [0.2, 0.25) is 0 Å². The van der Waals surface area contributed by atoms with E-state index in [2.05, 4.69) is 6.58 Å². The van der Waals surface area contributed by atoms with Crippen molar-refractivity contribution in [2.24, 2.45) is 11.8 Å². The van der Waals surface area contributed by atoms with Gasteiger partial charge in [-0.3, -0.25) is 0 Å². The van der Waals surface area contributed by atoms with Crippen molar-refractivity contribution in [3.8, 4) is 0 Å². The summed E-state index contributed by atoms with van der Waals surface area (Å²) in [6, 6.07) is 0. The lowest BCUT2D eigenvalue weighted by atomic mass is 9.96. The lowest BCUT2D eigenvalue weighted by Crippen LogP contribution is -2.35. The standard InChI is InChI=1S/C10H14O2/c1-7-6-8-2-3-9(7)10(8)11-4-5-12-10/h8-9H,1-6H2. The van der Waals surface area contributed by atoms with Crippen LogP contribution >= 0.6 is 0 Å². The molecule has 1 aliphatic heterocycles. The fourth-order valence-corrected chi connectivity index (χ4v) is 3.13. The van der Waals surface area contributed by atoms with E-state index in [4.69, 9.17) is 9.47 Å². The maximum Gasteiger partial charge on any atom is 0.178 e. The molecule has 2 unspecified atom stereocenters. The van der Waals surface area contributed by atoms with Crippen LogP contribution in [0.4, 0.5) is 0 Å². The zero-order valence-electron chi connectivity index (χ0n) is 7.21. The Morgan fingerprint density at radius 2 is 2.00 bits per heavy atom. The van der Waals surface area contributed by atoms with Crippen LogP contribution in [0.2, 0.25) is 0 Å². The Labute approximate surface area is 72.5 Å². The highest BCUT2D eigenvalue weighted by Crippen LogP contribution is 2.58. The Hall–Kier alpha value is -0.340. The topological polar surface area (TPSA) is 18.5 Å². The molecule has 0 aromatic rings. The molecule has 0 aromatic heterocycles. The minimum atomic E-state index is -0.211. The normalized spacial score (nSPS) is 43.2. The van der Waals surface area contributed by atoms with Gasteiger partial charge in [-0.2, -0.15) is 0 Å².